The van der Waals surface area contributed by atoms with E-state index in [9.17, 15) is 4.79 Å². The number of fused-ring (bicyclic) bond motifs is 1. The molecule has 3 nitrogen and oxygen atoms in total. The van der Waals surface area contributed by atoms with Gasteiger partial charge in [0.2, 0.25) is 0 Å². The average Bonchev–Trinajstić information content (AvgIpc) is 2.39. The van der Waals surface area contributed by atoms with Crippen molar-refractivity contribution in [1.82, 2.24) is 4.98 Å². The number of carbonyl (C=O) groups is 1. The van der Waals surface area contributed by atoms with Gasteiger partial charge in [-0.3, -0.25) is 0 Å². The summed E-state index contributed by atoms with van der Waals surface area (Å²) in [6.07, 6.45) is 0. The highest BCUT2D eigenvalue weighted by molar-refractivity contribution is 5.91. The SMILES string of the molecule is CC.COC(=O)c1ccc2cc(C)ccc2n1. The molecular formula is C14H17NO2. The molecule has 0 N–H and O–H groups in total. The molecule has 3 heteroatoms. The Morgan fingerprint density at radius 1 is 1.18 bits per heavy atom. The number of ether oxygens (including phenoxy) is 1. The summed E-state index contributed by atoms with van der Waals surface area (Å²) in [5.74, 6) is -0.405. The van der Waals surface area contributed by atoms with Gasteiger partial charge >= 0.3 is 5.97 Å². The van der Waals surface area contributed by atoms with Gasteiger partial charge in [-0.2, -0.15) is 0 Å². The number of aryl methyl sites for hydroxylation is 1. The molecule has 0 amide bonds. The van der Waals surface area contributed by atoms with Gasteiger partial charge in [-0.25, -0.2) is 9.78 Å². The zero-order valence-corrected chi connectivity index (χ0v) is 10.7. The minimum atomic E-state index is -0.405. The summed E-state index contributed by atoms with van der Waals surface area (Å²) >= 11 is 0. The Morgan fingerprint density at radius 2 is 1.88 bits per heavy atom. The molecule has 2 rings (SSSR count). The maximum Gasteiger partial charge on any atom is 0.356 e. The smallest absolute Gasteiger partial charge is 0.356 e. The van der Waals surface area contributed by atoms with Crippen molar-refractivity contribution >= 4 is 16.9 Å². The van der Waals surface area contributed by atoms with Crippen molar-refractivity contribution in [2.24, 2.45) is 0 Å². The summed E-state index contributed by atoms with van der Waals surface area (Å²) in [5.41, 5.74) is 2.33. The predicted octanol–water partition coefficient (Wildman–Crippen LogP) is 3.36. The Hall–Kier alpha value is -1.90. The second-order valence-corrected chi connectivity index (χ2v) is 3.38. The molecule has 2 aromatic rings. The van der Waals surface area contributed by atoms with Crippen LogP contribution in [0.3, 0.4) is 0 Å². The van der Waals surface area contributed by atoms with Crippen molar-refractivity contribution in [1.29, 1.82) is 0 Å². The summed E-state index contributed by atoms with van der Waals surface area (Å²) in [4.78, 5) is 15.5. The minimum Gasteiger partial charge on any atom is -0.464 e. The summed E-state index contributed by atoms with van der Waals surface area (Å²) in [6, 6.07) is 9.45. The number of esters is 1. The zero-order chi connectivity index (χ0) is 12.8. The van der Waals surface area contributed by atoms with Crippen molar-refractivity contribution in [2.75, 3.05) is 7.11 Å². The van der Waals surface area contributed by atoms with Gasteiger partial charge < -0.3 is 4.74 Å². The highest BCUT2D eigenvalue weighted by Crippen LogP contribution is 2.14. The highest BCUT2D eigenvalue weighted by Gasteiger charge is 2.07. The fourth-order valence-corrected chi connectivity index (χ4v) is 1.46. The average molecular weight is 231 g/mol. The topological polar surface area (TPSA) is 39.2 Å². The van der Waals surface area contributed by atoms with Gasteiger partial charge in [0.1, 0.15) is 5.69 Å². The predicted molar refractivity (Wildman–Crippen MR) is 69.2 cm³/mol. The van der Waals surface area contributed by atoms with Gasteiger partial charge in [-0.05, 0) is 25.1 Å². The number of pyridine rings is 1. The number of rotatable bonds is 1. The van der Waals surface area contributed by atoms with Crippen molar-refractivity contribution < 1.29 is 9.53 Å². The maximum absolute atomic E-state index is 11.2. The molecule has 0 aliphatic carbocycles. The number of aromatic nitrogens is 1. The lowest BCUT2D eigenvalue weighted by Crippen LogP contribution is -2.03. The number of hydrogen-bond acceptors (Lipinski definition) is 3. The number of nitrogens with zero attached hydrogens (tertiary/aromatic N) is 1. The van der Waals surface area contributed by atoms with Crippen molar-refractivity contribution in [2.45, 2.75) is 20.8 Å². The third-order valence-electron chi connectivity index (χ3n) is 2.24. The first-order chi connectivity index (χ1) is 8.20. The number of methoxy groups -OCH3 is 1. The summed E-state index contributed by atoms with van der Waals surface area (Å²) in [7, 11) is 1.35. The number of carbonyl (C=O) groups excluding carboxylic acids is 1. The first kappa shape index (κ1) is 13.2. The van der Waals surface area contributed by atoms with Crippen LogP contribution >= 0.6 is 0 Å². The van der Waals surface area contributed by atoms with E-state index >= 15 is 0 Å². The molecule has 90 valence electrons. The van der Waals surface area contributed by atoms with Gasteiger partial charge in [0.15, 0.2) is 0 Å². The van der Waals surface area contributed by atoms with E-state index in [-0.39, 0.29) is 0 Å². The van der Waals surface area contributed by atoms with Crippen LogP contribution in [-0.4, -0.2) is 18.1 Å². The monoisotopic (exact) mass is 231 g/mol. The van der Waals surface area contributed by atoms with Crippen LogP contribution in [0.2, 0.25) is 0 Å². The van der Waals surface area contributed by atoms with E-state index in [1.807, 2.05) is 45.0 Å². The lowest BCUT2D eigenvalue weighted by Gasteiger charge is -2.01. The van der Waals surface area contributed by atoms with E-state index in [0.29, 0.717) is 5.69 Å². The van der Waals surface area contributed by atoms with Crippen LogP contribution < -0.4 is 0 Å². The van der Waals surface area contributed by atoms with Gasteiger partial charge in [0.05, 0.1) is 12.6 Å². The van der Waals surface area contributed by atoms with E-state index in [4.69, 9.17) is 0 Å². The first-order valence-corrected chi connectivity index (χ1v) is 5.66. The molecule has 0 radical (unpaired) electrons. The van der Waals surface area contributed by atoms with Gasteiger partial charge in [0, 0.05) is 5.39 Å². The van der Waals surface area contributed by atoms with Gasteiger partial charge in [-0.15, -0.1) is 0 Å². The zero-order valence-electron chi connectivity index (χ0n) is 10.7. The molecule has 0 saturated carbocycles. The fourth-order valence-electron chi connectivity index (χ4n) is 1.46. The van der Waals surface area contributed by atoms with Gasteiger partial charge in [0.25, 0.3) is 0 Å². The molecule has 0 aliphatic rings. The molecule has 0 spiro atoms. The summed E-state index contributed by atoms with van der Waals surface area (Å²) in [6.45, 7) is 6.02. The molecular weight excluding hydrogens is 214 g/mol. The molecule has 1 aromatic heterocycles. The molecule has 1 aromatic carbocycles. The standard InChI is InChI=1S/C12H11NO2.C2H6/c1-8-3-5-10-9(7-8)4-6-11(13-10)12(14)15-2;1-2/h3-7H,1-2H3;1-2H3. The van der Waals surface area contributed by atoms with E-state index in [0.717, 1.165) is 10.9 Å². The Morgan fingerprint density at radius 3 is 2.53 bits per heavy atom. The molecule has 0 unspecified atom stereocenters. The van der Waals surface area contributed by atoms with E-state index in [1.54, 1.807) is 6.07 Å². The molecule has 0 fully saturated rings. The van der Waals surface area contributed by atoms with Crippen molar-refractivity contribution in [3.8, 4) is 0 Å². The first-order valence-electron chi connectivity index (χ1n) is 5.66. The van der Waals surface area contributed by atoms with E-state index in [2.05, 4.69) is 9.72 Å². The van der Waals surface area contributed by atoms with Crippen LogP contribution in [0.1, 0.15) is 29.9 Å². The second-order valence-electron chi connectivity index (χ2n) is 3.38. The quantitative estimate of drug-likeness (QED) is 0.706. The molecule has 17 heavy (non-hydrogen) atoms. The van der Waals surface area contributed by atoms with Crippen LogP contribution in [0.4, 0.5) is 0 Å². The van der Waals surface area contributed by atoms with Crippen LogP contribution in [0, 0.1) is 6.92 Å². The largest absolute Gasteiger partial charge is 0.464 e. The van der Waals surface area contributed by atoms with Crippen LogP contribution in [-0.2, 0) is 4.74 Å². The Bertz CT molecular complexity index is 521. The minimum absolute atomic E-state index is 0.342. The highest BCUT2D eigenvalue weighted by atomic mass is 16.5. The molecule has 0 bridgehead atoms. The summed E-state index contributed by atoms with van der Waals surface area (Å²) in [5, 5.41) is 1.03. The number of hydrogen-bond donors (Lipinski definition) is 0. The molecule has 0 atom stereocenters. The Kier molecular flexibility index (Phi) is 4.64. The Balaban J connectivity index is 0.000000686. The Labute approximate surface area is 101 Å². The van der Waals surface area contributed by atoms with Crippen LogP contribution in [0.15, 0.2) is 30.3 Å². The lowest BCUT2D eigenvalue weighted by molar-refractivity contribution is 0.0594. The van der Waals surface area contributed by atoms with E-state index in [1.165, 1.54) is 12.7 Å². The fraction of sp³-hybridized carbons (Fsp3) is 0.286. The third-order valence-corrected chi connectivity index (χ3v) is 2.24. The third kappa shape index (κ3) is 3.03. The normalized spacial score (nSPS) is 9.41. The number of benzene rings is 1. The molecule has 0 aliphatic heterocycles. The van der Waals surface area contributed by atoms with E-state index < -0.39 is 5.97 Å². The van der Waals surface area contributed by atoms with Gasteiger partial charge in [-0.1, -0.05) is 31.5 Å². The lowest BCUT2D eigenvalue weighted by atomic mass is 10.1. The second kappa shape index (κ2) is 5.99. The van der Waals surface area contributed by atoms with Crippen LogP contribution in [0.5, 0.6) is 0 Å². The molecule has 1 heterocycles. The molecule has 0 saturated heterocycles. The van der Waals surface area contributed by atoms with Crippen molar-refractivity contribution in [3.63, 3.8) is 0 Å². The summed E-state index contributed by atoms with van der Waals surface area (Å²) < 4.78 is 4.61. The van der Waals surface area contributed by atoms with Crippen LogP contribution in [0.25, 0.3) is 10.9 Å². The van der Waals surface area contributed by atoms with Crippen molar-refractivity contribution in [3.05, 3.63) is 41.6 Å². The maximum atomic E-state index is 11.2.